The van der Waals surface area contributed by atoms with Gasteiger partial charge < -0.3 is 10.6 Å². The van der Waals surface area contributed by atoms with Crippen molar-refractivity contribution >= 4 is 11.4 Å². The van der Waals surface area contributed by atoms with Crippen LogP contribution in [0.2, 0.25) is 0 Å². The Labute approximate surface area is 111 Å². The number of para-hydroxylation sites is 1. The number of hydrogen-bond donors (Lipinski definition) is 1. The number of hydrogen-bond acceptors (Lipinski definition) is 2. The summed E-state index contributed by atoms with van der Waals surface area (Å²) >= 11 is 0. The summed E-state index contributed by atoms with van der Waals surface area (Å²) in [6.07, 6.45) is 0. The Bertz CT molecular complexity index is 573. The van der Waals surface area contributed by atoms with Gasteiger partial charge in [0.05, 0.1) is 0 Å². The first-order chi connectivity index (χ1) is 9.04. The van der Waals surface area contributed by atoms with Gasteiger partial charge in [-0.2, -0.15) is 0 Å². The zero-order valence-corrected chi connectivity index (χ0v) is 11.0. The van der Waals surface area contributed by atoms with Crippen molar-refractivity contribution in [2.24, 2.45) is 5.73 Å². The highest BCUT2D eigenvalue weighted by Crippen LogP contribution is 2.31. The fraction of sp³-hybridized carbons (Fsp3) is 0.200. The van der Waals surface area contributed by atoms with Gasteiger partial charge in [-0.15, -0.1) is 0 Å². The maximum atomic E-state index is 14.0. The van der Waals surface area contributed by atoms with Crippen LogP contribution < -0.4 is 10.6 Å². The van der Waals surface area contributed by atoms with E-state index in [-0.39, 0.29) is 12.2 Å². The zero-order chi connectivity index (χ0) is 14.0. The summed E-state index contributed by atoms with van der Waals surface area (Å²) < 4.78 is 28.1. The van der Waals surface area contributed by atoms with Crippen molar-refractivity contribution in [3.05, 3.63) is 59.2 Å². The molecule has 0 heterocycles. The van der Waals surface area contributed by atoms with E-state index in [9.17, 15) is 8.78 Å². The lowest BCUT2D eigenvalue weighted by Gasteiger charge is -2.23. The second-order valence-corrected chi connectivity index (χ2v) is 4.46. The summed E-state index contributed by atoms with van der Waals surface area (Å²) in [5.41, 5.74) is 7.50. The molecule has 0 radical (unpaired) electrons. The first-order valence-corrected chi connectivity index (χ1v) is 6.02. The number of halogens is 2. The van der Waals surface area contributed by atoms with Crippen molar-refractivity contribution < 1.29 is 8.78 Å². The first-order valence-electron chi connectivity index (χ1n) is 6.02. The Morgan fingerprint density at radius 2 is 1.68 bits per heavy atom. The average molecular weight is 262 g/mol. The van der Waals surface area contributed by atoms with Gasteiger partial charge in [-0.05, 0) is 36.2 Å². The largest absolute Gasteiger partial charge is 0.340 e. The number of nitrogens with two attached hydrogens (primary N) is 1. The topological polar surface area (TPSA) is 29.3 Å². The second-order valence-electron chi connectivity index (χ2n) is 4.46. The monoisotopic (exact) mass is 262 g/mol. The summed E-state index contributed by atoms with van der Waals surface area (Å²) in [6, 6.07) is 9.99. The second kappa shape index (κ2) is 5.36. The van der Waals surface area contributed by atoms with Gasteiger partial charge in [-0.25, -0.2) is 8.78 Å². The molecule has 0 saturated heterocycles. The summed E-state index contributed by atoms with van der Waals surface area (Å²) in [5.74, 6) is -1.21. The molecule has 19 heavy (non-hydrogen) atoms. The van der Waals surface area contributed by atoms with E-state index in [0.29, 0.717) is 5.56 Å². The van der Waals surface area contributed by atoms with E-state index in [1.807, 2.05) is 31.2 Å². The molecule has 0 aliphatic carbocycles. The van der Waals surface area contributed by atoms with E-state index in [4.69, 9.17) is 5.73 Å². The van der Waals surface area contributed by atoms with Crippen molar-refractivity contribution in [2.45, 2.75) is 13.5 Å². The molecule has 2 aromatic rings. The van der Waals surface area contributed by atoms with Gasteiger partial charge in [-0.1, -0.05) is 18.2 Å². The highest BCUT2D eigenvalue weighted by atomic mass is 19.1. The number of aryl methyl sites for hydroxylation is 1. The van der Waals surface area contributed by atoms with Crippen molar-refractivity contribution in [3.63, 3.8) is 0 Å². The molecule has 2 aromatic carbocycles. The van der Waals surface area contributed by atoms with Gasteiger partial charge in [0.15, 0.2) is 0 Å². The molecular formula is C15H16F2N2. The number of anilines is 2. The maximum absolute atomic E-state index is 14.0. The van der Waals surface area contributed by atoms with E-state index in [1.165, 1.54) is 17.0 Å². The van der Waals surface area contributed by atoms with Crippen LogP contribution in [0.15, 0.2) is 36.4 Å². The molecule has 4 heteroatoms. The molecule has 0 saturated carbocycles. The number of benzene rings is 2. The van der Waals surface area contributed by atoms with Gasteiger partial charge in [0, 0.05) is 19.3 Å². The predicted molar refractivity (Wildman–Crippen MR) is 73.5 cm³/mol. The molecular weight excluding hydrogens is 246 g/mol. The molecule has 0 aromatic heterocycles. The lowest BCUT2D eigenvalue weighted by atomic mass is 10.1. The van der Waals surface area contributed by atoms with Crippen LogP contribution in [0.4, 0.5) is 20.2 Å². The minimum Gasteiger partial charge on any atom is -0.340 e. The van der Waals surface area contributed by atoms with Gasteiger partial charge in [0.1, 0.15) is 17.3 Å². The molecule has 0 aliphatic rings. The summed E-state index contributed by atoms with van der Waals surface area (Å²) in [7, 11) is 1.64. The maximum Gasteiger partial charge on any atom is 0.150 e. The van der Waals surface area contributed by atoms with Crippen LogP contribution in [0, 0.1) is 18.6 Å². The molecule has 100 valence electrons. The van der Waals surface area contributed by atoms with Crippen LogP contribution in [0.5, 0.6) is 0 Å². The Kier molecular flexibility index (Phi) is 3.81. The zero-order valence-electron chi connectivity index (χ0n) is 11.0. The Morgan fingerprint density at radius 1 is 1.11 bits per heavy atom. The quantitative estimate of drug-likeness (QED) is 0.917. The fourth-order valence-electron chi connectivity index (χ4n) is 2.12. The molecule has 0 atom stereocenters. The van der Waals surface area contributed by atoms with E-state index in [2.05, 4.69) is 0 Å². The molecule has 0 amide bonds. The van der Waals surface area contributed by atoms with E-state index in [0.717, 1.165) is 11.3 Å². The molecule has 0 fully saturated rings. The predicted octanol–water partition coefficient (Wildman–Crippen LogP) is 3.50. The van der Waals surface area contributed by atoms with Gasteiger partial charge in [0.2, 0.25) is 0 Å². The smallest absolute Gasteiger partial charge is 0.150 e. The molecule has 2 N–H and O–H groups in total. The Balaban J connectivity index is 2.50. The minimum atomic E-state index is -0.605. The third-order valence-electron chi connectivity index (χ3n) is 3.12. The van der Waals surface area contributed by atoms with E-state index >= 15 is 0 Å². The third kappa shape index (κ3) is 2.58. The SMILES string of the molecule is Cc1ccccc1N(C)c1c(F)cc(CN)cc1F. The third-order valence-corrected chi connectivity index (χ3v) is 3.12. The molecule has 2 nitrogen and oxygen atoms in total. The Morgan fingerprint density at radius 3 is 2.21 bits per heavy atom. The van der Waals surface area contributed by atoms with Gasteiger partial charge >= 0.3 is 0 Å². The minimum absolute atomic E-state index is 0.0634. The summed E-state index contributed by atoms with van der Waals surface area (Å²) in [4.78, 5) is 1.51. The van der Waals surface area contributed by atoms with E-state index in [1.54, 1.807) is 7.05 Å². The number of rotatable bonds is 3. The average Bonchev–Trinajstić information content (AvgIpc) is 2.38. The summed E-state index contributed by atoms with van der Waals surface area (Å²) in [5, 5.41) is 0. The van der Waals surface area contributed by atoms with Crippen LogP contribution >= 0.6 is 0 Å². The van der Waals surface area contributed by atoms with Crippen LogP contribution in [0.3, 0.4) is 0 Å². The highest BCUT2D eigenvalue weighted by molar-refractivity contribution is 5.66. The van der Waals surface area contributed by atoms with Crippen molar-refractivity contribution in [3.8, 4) is 0 Å². The molecule has 0 aliphatic heterocycles. The van der Waals surface area contributed by atoms with Crippen molar-refractivity contribution in [1.29, 1.82) is 0 Å². The van der Waals surface area contributed by atoms with Crippen LogP contribution in [-0.4, -0.2) is 7.05 Å². The highest BCUT2D eigenvalue weighted by Gasteiger charge is 2.17. The number of nitrogens with zero attached hydrogens (tertiary/aromatic N) is 1. The van der Waals surface area contributed by atoms with Crippen LogP contribution in [-0.2, 0) is 6.54 Å². The van der Waals surface area contributed by atoms with Crippen LogP contribution in [0.1, 0.15) is 11.1 Å². The van der Waals surface area contributed by atoms with Crippen molar-refractivity contribution in [2.75, 3.05) is 11.9 Å². The van der Waals surface area contributed by atoms with Gasteiger partial charge in [0.25, 0.3) is 0 Å². The molecule has 2 rings (SSSR count). The van der Waals surface area contributed by atoms with Gasteiger partial charge in [-0.3, -0.25) is 0 Å². The lowest BCUT2D eigenvalue weighted by molar-refractivity contribution is 0.580. The van der Waals surface area contributed by atoms with Crippen molar-refractivity contribution in [1.82, 2.24) is 0 Å². The molecule has 0 bridgehead atoms. The Hall–Kier alpha value is -1.94. The fourth-order valence-corrected chi connectivity index (χ4v) is 2.12. The van der Waals surface area contributed by atoms with Crippen LogP contribution in [0.25, 0.3) is 0 Å². The normalized spacial score (nSPS) is 10.6. The van der Waals surface area contributed by atoms with E-state index < -0.39 is 11.6 Å². The lowest BCUT2D eigenvalue weighted by Crippen LogP contribution is -2.15. The summed E-state index contributed by atoms with van der Waals surface area (Å²) in [6.45, 7) is 2.01. The molecule has 0 spiro atoms. The standard InChI is InChI=1S/C15H16F2N2/c1-10-5-3-4-6-14(10)19(2)15-12(16)7-11(9-18)8-13(15)17/h3-8H,9,18H2,1-2H3. The molecule has 0 unspecified atom stereocenters. The first kappa shape index (κ1) is 13.5.